The van der Waals surface area contributed by atoms with Crippen LogP contribution in [0.3, 0.4) is 0 Å². The third kappa shape index (κ3) is 8.68. The Morgan fingerprint density at radius 2 is 1.88 bits per heavy atom. The molecule has 0 aliphatic heterocycles. The highest BCUT2D eigenvalue weighted by atomic mass is 16.2. The lowest BCUT2D eigenvalue weighted by Crippen LogP contribution is -2.29. The van der Waals surface area contributed by atoms with Gasteiger partial charge in [-0.2, -0.15) is 0 Å². The zero-order valence-electron chi connectivity index (χ0n) is 10.8. The van der Waals surface area contributed by atoms with Gasteiger partial charge in [-0.05, 0) is 39.4 Å². The van der Waals surface area contributed by atoms with E-state index in [1.807, 2.05) is 19.0 Å². The van der Waals surface area contributed by atoms with E-state index in [1.54, 1.807) is 0 Å². The minimum atomic E-state index is 0.267. The number of unbranched alkanes of at least 4 members (excludes halogenated alkanes) is 3. The number of rotatable bonds is 10. The Hall–Kier alpha value is -0.610. The highest BCUT2D eigenvalue weighted by Gasteiger charge is 2.06. The van der Waals surface area contributed by atoms with Crippen molar-refractivity contribution in [1.29, 1.82) is 0 Å². The van der Waals surface area contributed by atoms with E-state index in [2.05, 4.69) is 5.32 Å². The van der Waals surface area contributed by atoms with Crippen LogP contribution in [-0.4, -0.2) is 44.5 Å². The van der Waals surface area contributed by atoms with Gasteiger partial charge in [0.2, 0.25) is 5.91 Å². The first kappa shape index (κ1) is 15.4. The number of nitrogens with one attached hydrogen (secondary N) is 1. The largest absolute Gasteiger partial charge is 0.346 e. The van der Waals surface area contributed by atoms with Gasteiger partial charge in [0.05, 0.1) is 0 Å². The van der Waals surface area contributed by atoms with E-state index in [0.717, 1.165) is 51.7 Å². The van der Waals surface area contributed by atoms with Gasteiger partial charge >= 0.3 is 0 Å². The summed E-state index contributed by atoms with van der Waals surface area (Å²) in [7, 11) is 3.82. The molecule has 0 spiro atoms. The summed E-state index contributed by atoms with van der Waals surface area (Å²) in [6.07, 6.45) is 6.04. The van der Waals surface area contributed by atoms with Gasteiger partial charge in [0, 0.05) is 20.0 Å². The lowest BCUT2D eigenvalue weighted by molar-refractivity contribution is -0.130. The molecule has 96 valence electrons. The first-order chi connectivity index (χ1) is 7.72. The second-order valence-corrected chi connectivity index (χ2v) is 4.23. The van der Waals surface area contributed by atoms with Crippen molar-refractivity contribution in [1.82, 2.24) is 10.2 Å². The van der Waals surface area contributed by atoms with Crippen LogP contribution in [0.5, 0.6) is 0 Å². The van der Waals surface area contributed by atoms with Crippen LogP contribution < -0.4 is 11.1 Å². The predicted molar refractivity (Wildman–Crippen MR) is 68.3 cm³/mol. The summed E-state index contributed by atoms with van der Waals surface area (Å²) in [6, 6.07) is 0. The van der Waals surface area contributed by atoms with Gasteiger partial charge in [-0.15, -0.1) is 0 Å². The molecule has 0 saturated heterocycles. The number of hydrogen-bond donors (Lipinski definition) is 2. The fourth-order valence-electron chi connectivity index (χ4n) is 1.58. The average molecular weight is 229 g/mol. The molecule has 0 heterocycles. The first-order valence-electron chi connectivity index (χ1n) is 6.31. The third-order valence-electron chi connectivity index (χ3n) is 2.69. The topological polar surface area (TPSA) is 58.4 Å². The summed E-state index contributed by atoms with van der Waals surface area (Å²) >= 11 is 0. The standard InChI is InChI=1S/C12H27N3O/c1-14-10-7-11-15(2)12(16)8-5-3-4-6-9-13/h14H,3-11,13H2,1-2H3. The Labute approximate surface area is 99.6 Å². The molecular formula is C12H27N3O. The molecule has 0 rings (SSSR count). The molecule has 4 heteroatoms. The van der Waals surface area contributed by atoms with E-state index in [-0.39, 0.29) is 5.91 Å². The molecule has 4 nitrogen and oxygen atoms in total. The van der Waals surface area contributed by atoms with Crippen molar-refractivity contribution >= 4 is 5.91 Å². The SMILES string of the molecule is CNCCCN(C)C(=O)CCCCCCN. The third-order valence-corrected chi connectivity index (χ3v) is 2.69. The lowest BCUT2D eigenvalue weighted by atomic mass is 10.1. The fraction of sp³-hybridized carbons (Fsp3) is 0.917. The van der Waals surface area contributed by atoms with E-state index in [1.165, 1.54) is 0 Å². The lowest BCUT2D eigenvalue weighted by Gasteiger charge is -2.16. The van der Waals surface area contributed by atoms with Crippen LogP contribution in [-0.2, 0) is 4.79 Å². The molecule has 0 saturated carbocycles. The summed E-state index contributed by atoms with van der Waals surface area (Å²) < 4.78 is 0. The van der Waals surface area contributed by atoms with Crippen molar-refractivity contribution in [3.8, 4) is 0 Å². The van der Waals surface area contributed by atoms with Crippen LogP contribution in [0.1, 0.15) is 38.5 Å². The van der Waals surface area contributed by atoms with Crippen LogP contribution in [0.4, 0.5) is 0 Å². The first-order valence-corrected chi connectivity index (χ1v) is 6.31. The molecule has 0 bridgehead atoms. The van der Waals surface area contributed by atoms with E-state index >= 15 is 0 Å². The van der Waals surface area contributed by atoms with Gasteiger partial charge in [-0.3, -0.25) is 4.79 Å². The molecule has 0 fully saturated rings. The minimum Gasteiger partial charge on any atom is -0.346 e. The molecule has 0 aromatic carbocycles. The highest BCUT2D eigenvalue weighted by molar-refractivity contribution is 5.75. The molecule has 16 heavy (non-hydrogen) atoms. The van der Waals surface area contributed by atoms with Gasteiger partial charge in [0.25, 0.3) is 0 Å². The molecule has 0 radical (unpaired) electrons. The second kappa shape index (κ2) is 10.9. The summed E-state index contributed by atoms with van der Waals surface area (Å²) in [4.78, 5) is 13.5. The Morgan fingerprint density at radius 3 is 2.50 bits per heavy atom. The van der Waals surface area contributed by atoms with Crippen molar-refractivity contribution in [2.75, 3.05) is 33.7 Å². The Morgan fingerprint density at radius 1 is 1.19 bits per heavy atom. The number of carbonyl (C=O) groups excluding carboxylic acids is 1. The van der Waals surface area contributed by atoms with Crippen LogP contribution in [0.15, 0.2) is 0 Å². The van der Waals surface area contributed by atoms with Crippen molar-refractivity contribution in [3.05, 3.63) is 0 Å². The van der Waals surface area contributed by atoms with Crippen LogP contribution >= 0.6 is 0 Å². The molecule has 0 aliphatic rings. The maximum atomic E-state index is 11.7. The van der Waals surface area contributed by atoms with Gasteiger partial charge in [-0.1, -0.05) is 12.8 Å². The van der Waals surface area contributed by atoms with Crippen molar-refractivity contribution < 1.29 is 4.79 Å². The number of carbonyl (C=O) groups is 1. The summed E-state index contributed by atoms with van der Waals surface area (Å²) in [5.74, 6) is 0.267. The molecule has 0 aromatic rings. The molecular weight excluding hydrogens is 202 g/mol. The number of amides is 1. The van der Waals surface area contributed by atoms with Gasteiger partial charge in [0.1, 0.15) is 0 Å². The zero-order chi connectivity index (χ0) is 12.2. The molecule has 1 amide bonds. The van der Waals surface area contributed by atoms with Crippen LogP contribution in [0.2, 0.25) is 0 Å². The minimum absolute atomic E-state index is 0.267. The fourth-order valence-corrected chi connectivity index (χ4v) is 1.58. The number of nitrogens with zero attached hydrogens (tertiary/aromatic N) is 1. The molecule has 0 unspecified atom stereocenters. The van der Waals surface area contributed by atoms with Crippen LogP contribution in [0.25, 0.3) is 0 Å². The highest BCUT2D eigenvalue weighted by Crippen LogP contribution is 2.04. The van der Waals surface area contributed by atoms with Gasteiger partial charge in [-0.25, -0.2) is 0 Å². The average Bonchev–Trinajstić information content (AvgIpc) is 2.28. The summed E-state index contributed by atoms with van der Waals surface area (Å²) in [5, 5.41) is 3.08. The zero-order valence-corrected chi connectivity index (χ0v) is 10.8. The molecule has 0 atom stereocenters. The smallest absolute Gasteiger partial charge is 0.222 e. The van der Waals surface area contributed by atoms with E-state index in [9.17, 15) is 4.79 Å². The van der Waals surface area contributed by atoms with E-state index in [0.29, 0.717) is 6.42 Å². The maximum absolute atomic E-state index is 11.7. The van der Waals surface area contributed by atoms with Crippen LogP contribution in [0, 0.1) is 0 Å². The van der Waals surface area contributed by atoms with E-state index in [4.69, 9.17) is 5.73 Å². The molecule has 0 aromatic heterocycles. The van der Waals surface area contributed by atoms with Crippen molar-refractivity contribution in [3.63, 3.8) is 0 Å². The molecule has 0 aliphatic carbocycles. The van der Waals surface area contributed by atoms with E-state index < -0.39 is 0 Å². The summed E-state index contributed by atoms with van der Waals surface area (Å²) in [5.41, 5.74) is 5.41. The normalized spacial score (nSPS) is 10.4. The van der Waals surface area contributed by atoms with Gasteiger partial charge < -0.3 is 16.0 Å². The maximum Gasteiger partial charge on any atom is 0.222 e. The Balaban J connectivity index is 3.40. The van der Waals surface area contributed by atoms with Gasteiger partial charge in [0.15, 0.2) is 0 Å². The number of nitrogens with two attached hydrogens (primary N) is 1. The second-order valence-electron chi connectivity index (χ2n) is 4.23. The Bertz CT molecular complexity index is 174. The summed E-state index contributed by atoms with van der Waals surface area (Å²) in [6.45, 7) is 2.58. The Kier molecular flexibility index (Phi) is 10.5. The molecule has 3 N–H and O–H groups in total. The predicted octanol–water partition coefficient (Wildman–Crippen LogP) is 0.964. The number of hydrogen-bond acceptors (Lipinski definition) is 3. The monoisotopic (exact) mass is 229 g/mol. The van der Waals surface area contributed by atoms with Crippen molar-refractivity contribution in [2.24, 2.45) is 5.73 Å². The van der Waals surface area contributed by atoms with Crippen molar-refractivity contribution in [2.45, 2.75) is 38.5 Å². The quantitative estimate of drug-likeness (QED) is 0.549.